The molecule has 0 heterocycles. The quantitative estimate of drug-likeness (QED) is 0.825. The van der Waals surface area contributed by atoms with Crippen LogP contribution in [0.2, 0.25) is 0 Å². The third kappa shape index (κ3) is 3.65. The first-order valence-electron chi connectivity index (χ1n) is 6.65. The third-order valence-corrected chi connectivity index (χ3v) is 3.53. The number of allylic oxidation sites excluding steroid dienone is 1. The number of nitrogens with one attached hydrogen (secondary N) is 1. The molecule has 6 heteroatoms. The van der Waals surface area contributed by atoms with Crippen LogP contribution in [0.5, 0.6) is 0 Å². The van der Waals surface area contributed by atoms with E-state index in [0.717, 1.165) is 6.07 Å². The number of hydrogen-bond donors (Lipinski definition) is 2. The highest BCUT2D eigenvalue weighted by molar-refractivity contribution is 5.82. The largest absolute Gasteiger partial charge is 0.369 e. The van der Waals surface area contributed by atoms with Gasteiger partial charge in [0.1, 0.15) is 0 Å². The molecule has 1 aromatic rings. The van der Waals surface area contributed by atoms with E-state index in [1.54, 1.807) is 0 Å². The van der Waals surface area contributed by atoms with Gasteiger partial charge in [-0.3, -0.25) is 9.59 Å². The second-order valence-electron chi connectivity index (χ2n) is 5.02. The average Bonchev–Trinajstić information content (AvgIpc) is 2.44. The molecule has 4 nitrogen and oxygen atoms in total. The summed E-state index contributed by atoms with van der Waals surface area (Å²) in [6, 6.07) is 3.28. The summed E-state index contributed by atoms with van der Waals surface area (Å²) in [6.45, 7) is 0. The fraction of sp³-hybridized carbons (Fsp3) is 0.333. The van der Waals surface area contributed by atoms with Gasteiger partial charge in [0.25, 0.3) is 0 Å². The van der Waals surface area contributed by atoms with Crippen molar-refractivity contribution in [3.05, 3.63) is 47.5 Å². The van der Waals surface area contributed by atoms with Crippen molar-refractivity contribution in [3.63, 3.8) is 0 Å². The van der Waals surface area contributed by atoms with Crippen molar-refractivity contribution < 1.29 is 18.4 Å². The molecule has 1 aliphatic carbocycles. The smallest absolute Gasteiger partial charge is 0.224 e. The summed E-state index contributed by atoms with van der Waals surface area (Å²) < 4.78 is 26.6. The Bertz CT molecular complexity index is 587. The van der Waals surface area contributed by atoms with Gasteiger partial charge in [0.15, 0.2) is 11.6 Å². The molecule has 0 saturated heterocycles. The Balaban J connectivity index is 2.02. The molecule has 0 unspecified atom stereocenters. The Morgan fingerprint density at radius 3 is 2.67 bits per heavy atom. The maximum absolute atomic E-state index is 13.5. The zero-order valence-corrected chi connectivity index (χ0v) is 11.3. The van der Waals surface area contributed by atoms with Gasteiger partial charge >= 0.3 is 0 Å². The highest BCUT2D eigenvalue weighted by Crippen LogP contribution is 2.19. The van der Waals surface area contributed by atoms with Gasteiger partial charge in [0.2, 0.25) is 11.8 Å². The standard InChI is InChI=1S/C15H16F2N2O2/c16-11-6-3-4-9(14(11)17)8-13(20)19-12-7-2-1-5-10(12)15(18)21/h1-4,6,10,12H,5,7-8H2,(H2,18,21)(H,19,20)/t10-,12-/m1/s1. The fourth-order valence-electron chi connectivity index (χ4n) is 2.40. The van der Waals surface area contributed by atoms with Crippen molar-refractivity contribution in [2.45, 2.75) is 25.3 Å². The minimum absolute atomic E-state index is 0.0190. The lowest BCUT2D eigenvalue weighted by atomic mass is 9.88. The molecule has 3 N–H and O–H groups in total. The van der Waals surface area contributed by atoms with Crippen molar-refractivity contribution in [2.24, 2.45) is 11.7 Å². The Morgan fingerprint density at radius 2 is 1.95 bits per heavy atom. The summed E-state index contributed by atoms with van der Waals surface area (Å²) in [5, 5.41) is 2.67. The van der Waals surface area contributed by atoms with E-state index in [2.05, 4.69) is 5.32 Å². The number of nitrogens with two attached hydrogens (primary N) is 1. The van der Waals surface area contributed by atoms with E-state index >= 15 is 0 Å². The molecule has 0 spiro atoms. The molecule has 0 aliphatic heterocycles. The molecule has 0 aromatic heterocycles. The molecular weight excluding hydrogens is 278 g/mol. The number of carbonyl (C=O) groups excluding carboxylic acids is 2. The Kier molecular flexibility index (Phi) is 4.67. The second kappa shape index (κ2) is 6.47. The number of halogens is 2. The third-order valence-electron chi connectivity index (χ3n) is 3.53. The van der Waals surface area contributed by atoms with E-state index < -0.39 is 35.4 Å². The zero-order valence-electron chi connectivity index (χ0n) is 11.3. The first kappa shape index (κ1) is 15.2. The van der Waals surface area contributed by atoms with Gasteiger partial charge in [-0.1, -0.05) is 24.3 Å². The molecule has 0 bridgehead atoms. The van der Waals surface area contributed by atoms with Crippen molar-refractivity contribution >= 4 is 11.8 Å². The lowest BCUT2D eigenvalue weighted by Crippen LogP contribution is -2.46. The van der Waals surface area contributed by atoms with E-state index in [0.29, 0.717) is 12.8 Å². The van der Waals surface area contributed by atoms with Crippen LogP contribution in [0.4, 0.5) is 8.78 Å². The van der Waals surface area contributed by atoms with Crippen molar-refractivity contribution in [3.8, 4) is 0 Å². The van der Waals surface area contributed by atoms with Gasteiger partial charge in [0.05, 0.1) is 12.3 Å². The summed E-state index contributed by atoms with van der Waals surface area (Å²) in [6.07, 6.45) is 4.37. The predicted molar refractivity (Wildman–Crippen MR) is 73.1 cm³/mol. The number of carbonyl (C=O) groups is 2. The molecular formula is C15H16F2N2O2. The molecule has 2 atom stereocenters. The molecule has 1 aromatic carbocycles. The lowest BCUT2D eigenvalue weighted by molar-refractivity contribution is -0.124. The van der Waals surface area contributed by atoms with Crippen LogP contribution >= 0.6 is 0 Å². The van der Waals surface area contributed by atoms with Gasteiger partial charge in [0, 0.05) is 11.6 Å². The molecule has 0 saturated carbocycles. The summed E-state index contributed by atoms with van der Waals surface area (Å²) in [7, 11) is 0. The van der Waals surface area contributed by atoms with Gasteiger partial charge in [-0.2, -0.15) is 0 Å². The summed E-state index contributed by atoms with van der Waals surface area (Å²) in [5.74, 6) is -3.44. The van der Waals surface area contributed by atoms with Crippen LogP contribution in [0.25, 0.3) is 0 Å². The highest BCUT2D eigenvalue weighted by atomic mass is 19.2. The second-order valence-corrected chi connectivity index (χ2v) is 5.02. The van der Waals surface area contributed by atoms with Crippen LogP contribution in [0.15, 0.2) is 30.4 Å². The van der Waals surface area contributed by atoms with Crippen LogP contribution in [0, 0.1) is 17.6 Å². The van der Waals surface area contributed by atoms with Crippen LogP contribution in [-0.4, -0.2) is 17.9 Å². The number of benzene rings is 1. The minimum atomic E-state index is -1.03. The van der Waals surface area contributed by atoms with Gasteiger partial charge in [-0.05, 0) is 18.9 Å². The van der Waals surface area contributed by atoms with E-state index in [4.69, 9.17) is 5.73 Å². The van der Waals surface area contributed by atoms with Crippen LogP contribution < -0.4 is 11.1 Å². The monoisotopic (exact) mass is 294 g/mol. The molecule has 21 heavy (non-hydrogen) atoms. The van der Waals surface area contributed by atoms with E-state index in [1.165, 1.54) is 12.1 Å². The maximum atomic E-state index is 13.5. The SMILES string of the molecule is NC(=O)[C@@H]1CC=CC[C@H]1NC(=O)Cc1cccc(F)c1F. The summed E-state index contributed by atoms with van der Waals surface area (Å²) in [4.78, 5) is 23.3. The molecule has 2 rings (SSSR count). The Morgan fingerprint density at radius 1 is 1.24 bits per heavy atom. The lowest BCUT2D eigenvalue weighted by Gasteiger charge is -2.26. The minimum Gasteiger partial charge on any atom is -0.369 e. The van der Waals surface area contributed by atoms with E-state index in [1.807, 2.05) is 12.2 Å². The normalized spacial score (nSPS) is 21.0. The van der Waals surface area contributed by atoms with Crippen LogP contribution in [0.1, 0.15) is 18.4 Å². The van der Waals surface area contributed by atoms with Crippen molar-refractivity contribution in [2.75, 3.05) is 0 Å². The Labute approximate surface area is 121 Å². The average molecular weight is 294 g/mol. The number of primary amides is 1. The fourth-order valence-corrected chi connectivity index (χ4v) is 2.40. The molecule has 0 radical (unpaired) electrons. The zero-order chi connectivity index (χ0) is 15.4. The van der Waals surface area contributed by atoms with Gasteiger partial charge in [-0.15, -0.1) is 0 Å². The summed E-state index contributed by atoms with van der Waals surface area (Å²) >= 11 is 0. The first-order chi connectivity index (χ1) is 9.99. The van der Waals surface area contributed by atoms with Crippen molar-refractivity contribution in [1.29, 1.82) is 0 Å². The summed E-state index contributed by atoms with van der Waals surface area (Å²) in [5.41, 5.74) is 5.28. The Hall–Kier alpha value is -2.24. The van der Waals surface area contributed by atoms with Crippen molar-refractivity contribution in [1.82, 2.24) is 5.32 Å². The first-order valence-corrected chi connectivity index (χ1v) is 6.65. The number of amides is 2. The van der Waals surface area contributed by atoms with Gasteiger partial charge < -0.3 is 11.1 Å². The highest BCUT2D eigenvalue weighted by Gasteiger charge is 2.28. The molecule has 0 fully saturated rings. The maximum Gasteiger partial charge on any atom is 0.224 e. The number of hydrogen-bond acceptors (Lipinski definition) is 2. The van der Waals surface area contributed by atoms with E-state index in [9.17, 15) is 18.4 Å². The molecule has 2 amide bonds. The molecule has 1 aliphatic rings. The number of rotatable bonds is 4. The topological polar surface area (TPSA) is 72.2 Å². The van der Waals surface area contributed by atoms with E-state index in [-0.39, 0.29) is 12.0 Å². The van der Waals surface area contributed by atoms with Crippen LogP contribution in [-0.2, 0) is 16.0 Å². The molecule has 112 valence electrons. The van der Waals surface area contributed by atoms with Gasteiger partial charge in [-0.25, -0.2) is 8.78 Å². The van der Waals surface area contributed by atoms with Crippen LogP contribution in [0.3, 0.4) is 0 Å². The predicted octanol–water partition coefficient (Wildman–Crippen LogP) is 1.44.